The lowest BCUT2D eigenvalue weighted by Gasteiger charge is -2.14. The van der Waals surface area contributed by atoms with Crippen molar-refractivity contribution in [2.24, 2.45) is 0 Å². The van der Waals surface area contributed by atoms with E-state index in [2.05, 4.69) is 91.9 Å². The molecule has 0 unspecified atom stereocenters. The Balaban J connectivity index is 1.23. The van der Waals surface area contributed by atoms with Gasteiger partial charge < -0.3 is 0 Å². The molecule has 6 aromatic carbocycles. The molecule has 0 amide bonds. The Morgan fingerprint density at radius 3 is 1.57 bits per heavy atom. The fraction of sp³-hybridized carbons (Fsp3) is 0.0250. The van der Waals surface area contributed by atoms with Crippen molar-refractivity contribution in [1.82, 2.24) is 15.0 Å². The van der Waals surface area contributed by atoms with Crippen LogP contribution in [0.15, 0.2) is 146 Å². The zero-order valence-corrected chi connectivity index (χ0v) is 24.9. The molecular formula is C40H27N3S. The van der Waals surface area contributed by atoms with Gasteiger partial charge in [0.2, 0.25) is 0 Å². The third-order valence-electron chi connectivity index (χ3n) is 8.15. The zero-order valence-electron chi connectivity index (χ0n) is 24.1. The van der Waals surface area contributed by atoms with Gasteiger partial charge in [0, 0.05) is 36.9 Å². The number of nitrogens with zero attached hydrogens (tertiary/aromatic N) is 3. The van der Waals surface area contributed by atoms with Gasteiger partial charge in [-0.25, -0.2) is 15.0 Å². The largest absolute Gasteiger partial charge is 0.208 e. The molecule has 0 N–H and O–H groups in total. The number of thiophene rings is 1. The van der Waals surface area contributed by atoms with Crippen LogP contribution in [0.5, 0.6) is 0 Å². The average molecular weight is 582 g/mol. The lowest BCUT2D eigenvalue weighted by molar-refractivity contribution is 1.07. The van der Waals surface area contributed by atoms with Gasteiger partial charge in [0.1, 0.15) is 0 Å². The van der Waals surface area contributed by atoms with Gasteiger partial charge in [-0.05, 0) is 59.0 Å². The molecule has 0 bridgehead atoms. The van der Waals surface area contributed by atoms with Crippen LogP contribution in [0.25, 0.3) is 76.6 Å². The summed E-state index contributed by atoms with van der Waals surface area (Å²) in [6.07, 6.45) is 0. The van der Waals surface area contributed by atoms with Gasteiger partial charge in [-0.1, -0.05) is 121 Å². The van der Waals surface area contributed by atoms with E-state index in [1.807, 2.05) is 72.0 Å². The Hall–Kier alpha value is -5.45. The molecule has 0 saturated carbocycles. The highest BCUT2D eigenvalue weighted by Gasteiger charge is 2.15. The van der Waals surface area contributed by atoms with Crippen molar-refractivity contribution >= 4 is 31.5 Å². The van der Waals surface area contributed by atoms with Gasteiger partial charge in [0.15, 0.2) is 17.5 Å². The summed E-state index contributed by atoms with van der Waals surface area (Å²) in [5.74, 6) is 1.98. The summed E-state index contributed by atoms with van der Waals surface area (Å²) in [7, 11) is 0. The second-order valence-corrected chi connectivity index (χ2v) is 12.0. The number of hydrogen-bond donors (Lipinski definition) is 0. The van der Waals surface area contributed by atoms with Crippen LogP contribution in [0.3, 0.4) is 0 Å². The molecule has 2 heterocycles. The summed E-state index contributed by atoms with van der Waals surface area (Å²) in [6.45, 7) is 2.22. The smallest absolute Gasteiger partial charge is 0.164 e. The van der Waals surface area contributed by atoms with Crippen molar-refractivity contribution in [1.29, 1.82) is 0 Å². The van der Waals surface area contributed by atoms with Gasteiger partial charge in [-0.3, -0.25) is 0 Å². The molecule has 44 heavy (non-hydrogen) atoms. The van der Waals surface area contributed by atoms with Crippen LogP contribution in [0.4, 0.5) is 0 Å². The minimum Gasteiger partial charge on any atom is -0.208 e. The number of aromatic nitrogens is 3. The van der Waals surface area contributed by atoms with E-state index in [0.717, 1.165) is 22.3 Å². The fourth-order valence-electron chi connectivity index (χ4n) is 5.92. The molecule has 3 nitrogen and oxygen atoms in total. The molecule has 0 aliphatic heterocycles. The molecule has 8 aromatic rings. The molecule has 0 radical (unpaired) electrons. The van der Waals surface area contributed by atoms with E-state index in [-0.39, 0.29) is 0 Å². The first-order chi connectivity index (χ1) is 21.7. The maximum absolute atomic E-state index is 4.95. The zero-order chi connectivity index (χ0) is 29.5. The highest BCUT2D eigenvalue weighted by atomic mass is 32.1. The van der Waals surface area contributed by atoms with Crippen LogP contribution < -0.4 is 0 Å². The van der Waals surface area contributed by atoms with Gasteiger partial charge in [0.25, 0.3) is 0 Å². The van der Waals surface area contributed by atoms with Gasteiger partial charge in [0.05, 0.1) is 0 Å². The van der Waals surface area contributed by atoms with Crippen molar-refractivity contribution < 1.29 is 0 Å². The van der Waals surface area contributed by atoms with Crippen LogP contribution in [-0.2, 0) is 0 Å². The predicted molar refractivity (Wildman–Crippen MR) is 185 cm³/mol. The third-order valence-corrected chi connectivity index (χ3v) is 9.30. The van der Waals surface area contributed by atoms with Crippen molar-refractivity contribution in [3.63, 3.8) is 0 Å². The predicted octanol–water partition coefficient (Wildman–Crippen LogP) is 10.9. The van der Waals surface area contributed by atoms with E-state index in [4.69, 9.17) is 15.0 Å². The highest BCUT2D eigenvalue weighted by Crippen LogP contribution is 2.39. The summed E-state index contributed by atoms with van der Waals surface area (Å²) >= 11 is 1.85. The second-order valence-electron chi connectivity index (χ2n) is 10.9. The van der Waals surface area contributed by atoms with Crippen LogP contribution in [-0.4, -0.2) is 15.0 Å². The summed E-state index contributed by atoms with van der Waals surface area (Å²) < 4.78 is 2.64. The van der Waals surface area contributed by atoms with E-state index in [1.54, 1.807) is 0 Å². The molecule has 0 spiro atoms. The van der Waals surface area contributed by atoms with Crippen LogP contribution in [0, 0.1) is 6.92 Å². The van der Waals surface area contributed by atoms with Crippen molar-refractivity contribution in [2.45, 2.75) is 6.92 Å². The Morgan fingerprint density at radius 2 is 0.886 bits per heavy atom. The maximum Gasteiger partial charge on any atom is 0.164 e. The van der Waals surface area contributed by atoms with E-state index in [9.17, 15) is 0 Å². The Bertz CT molecular complexity index is 2230. The topological polar surface area (TPSA) is 38.7 Å². The van der Waals surface area contributed by atoms with Crippen LogP contribution in [0.1, 0.15) is 5.56 Å². The minimum absolute atomic E-state index is 0.656. The first-order valence-corrected chi connectivity index (χ1v) is 15.5. The molecule has 0 aliphatic rings. The van der Waals surface area contributed by atoms with Gasteiger partial charge in [-0.15, -0.1) is 11.3 Å². The van der Waals surface area contributed by atoms with E-state index in [0.29, 0.717) is 17.5 Å². The number of benzene rings is 6. The quantitative estimate of drug-likeness (QED) is 0.203. The lowest BCUT2D eigenvalue weighted by Crippen LogP contribution is -2.00. The summed E-state index contributed by atoms with van der Waals surface area (Å²) in [4.78, 5) is 14.8. The standard InChI is InChI=1S/C40H27N3S/c1-26-32(19-11-20-33(26)30-22-23-37-35(25-30)34-18-8-9-21-36(34)44-37)29-16-10-17-31(24-29)40-42-38(27-12-4-2-5-13-27)41-39(43-40)28-14-6-3-7-15-28/h2-25H,1H3. The van der Waals surface area contributed by atoms with Crippen LogP contribution in [0.2, 0.25) is 0 Å². The Labute approximate surface area is 260 Å². The molecular weight excluding hydrogens is 555 g/mol. The third kappa shape index (κ3) is 4.76. The molecule has 0 saturated heterocycles. The average Bonchev–Trinajstić information content (AvgIpc) is 3.47. The minimum atomic E-state index is 0.656. The molecule has 0 fully saturated rings. The number of hydrogen-bond acceptors (Lipinski definition) is 4. The first kappa shape index (κ1) is 26.2. The Morgan fingerprint density at radius 1 is 0.386 bits per heavy atom. The summed E-state index contributed by atoms with van der Waals surface area (Å²) in [6, 6.07) is 50.8. The number of fused-ring (bicyclic) bond motifs is 3. The molecule has 0 atom stereocenters. The van der Waals surface area contributed by atoms with Crippen LogP contribution >= 0.6 is 11.3 Å². The second kappa shape index (κ2) is 11.0. The SMILES string of the molecule is Cc1c(-c2cccc(-c3nc(-c4ccccc4)nc(-c4ccccc4)n3)c2)cccc1-c1ccc2sc3ccccc3c2c1. The van der Waals surface area contributed by atoms with Crippen molar-refractivity contribution in [3.05, 3.63) is 151 Å². The van der Waals surface area contributed by atoms with Gasteiger partial charge >= 0.3 is 0 Å². The highest BCUT2D eigenvalue weighted by molar-refractivity contribution is 7.25. The normalized spacial score (nSPS) is 11.3. The van der Waals surface area contributed by atoms with E-state index >= 15 is 0 Å². The molecule has 2 aromatic heterocycles. The fourth-order valence-corrected chi connectivity index (χ4v) is 7.00. The number of rotatable bonds is 5. The van der Waals surface area contributed by atoms with Gasteiger partial charge in [-0.2, -0.15) is 0 Å². The first-order valence-electron chi connectivity index (χ1n) is 14.7. The Kier molecular flexibility index (Phi) is 6.55. The summed E-state index contributed by atoms with van der Waals surface area (Å²) in [5.41, 5.74) is 8.92. The van der Waals surface area contributed by atoms with Crippen molar-refractivity contribution in [3.8, 4) is 56.4 Å². The monoisotopic (exact) mass is 581 g/mol. The molecule has 4 heteroatoms. The lowest BCUT2D eigenvalue weighted by atomic mass is 9.91. The molecule has 8 rings (SSSR count). The summed E-state index contributed by atoms with van der Waals surface area (Å²) in [5, 5.41) is 2.63. The van der Waals surface area contributed by atoms with E-state index < -0.39 is 0 Å². The maximum atomic E-state index is 4.95. The van der Waals surface area contributed by atoms with E-state index in [1.165, 1.54) is 42.4 Å². The molecule has 208 valence electrons. The van der Waals surface area contributed by atoms with Crippen molar-refractivity contribution in [2.75, 3.05) is 0 Å². The molecule has 0 aliphatic carbocycles.